The van der Waals surface area contributed by atoms with Gasteiger partial charge in [0.2, 0.25) is 6.79 Å². The fraction of sp³-hybridized carbons (Fsp3) is 0.158. The van der Waals surface area contributed by atoms with Crippen molar-refractivity contribution in [1.82, 2.24) is 0 Å². The molecule has 0 saturated carbocycles. The molecule has 3 aromatic carbocycles. The van der Waals surface area contributed by atoms with Crippen molar-refractivity contribution >= 4 is 22.1 Å². The van der Waals surface area contributed by atoms with Crippen molar-refractivity contribution in [3.8, 4) is 34.1 Å². The number of ether oxygens (including phenoxy) is 4. The van der Waals surface area contributed by atoms with Crippen LogP contribution < -0.4 is 18.9 Å². The SMILES string of the molecule is COc1cc2ccc(-c3cc4c(cc3[N+](=O)[O-])OCO4)c([N+](=O)[O-])c2cc1OC. The third-order valence-corrected chi connectivity index (χ3v) is 4.66. The molecule has 0 amide bonds. The highest BCUT2D eigenvalue weighted by Crippen LogP contribution is 2.47. The fourth-order valence-electron chi connectivity index (χ4n) is 3.35. The second-order valence-electron chi connectivity index (χ2n) is 6.13. The van der Waals surface area contributed by atoms with Gasteiger partial charge in [-0.15, -0.1) is 0 Å². The quantitative estimate of drug-likeness (QED) is 0.465. The number of methoxy groups -OCH3 is 2. The standard InChI is InChI=1S/C19H14N2O8/c1-26-15-5-10-3-4-11(19(21(24)25)12(10)6-16(15)27-2)13-7-17-18(29-9-28-17)8-14(13)20(22)23/h3-8H,9H2,1-2H3. The molecule has 0 bridgehead atoms. The van der Waals surface area contributed by atoms with Crippen molar-refractivity contribution in [3.05, 3.63) is 56.6 Å². The monoisotopic (exact) mass is 398 g/mol. The smallest absolute Gasteiger partial charge is 0.285 e. The van der Waals surface area contributed by atoms with Crippen LogP contribution in [0.2, 0.25) is 0 Å². The minimum atomic E-state index is -0.611. The lowest BCUT2D eigenvalue weighted by Gasteiger charge is -2.12. The van der Waals surface area contributed by atoms with Gasteiger partial charge in [0.25, 0.3) is 11.4 Å². The molecule has 1 aliphatic rings. The summed E-state index contributed by atoms with van der Waals surface area (Å²) in [5.74, 6) is 1.22. The van der Waals surface area contributed by atoms with E-state index in [4.69, 9.17) is 18.9 Å². The minimum Gasteiger partial charge on any atom is -0.493 e. The summed E-state index contributed by atoms with van der Waals surface area (Å²) in [5.41, 5.74) is -0.468. The first-order valence-corrected chi connectivity index (χ1v) is 8.36. The van der Waals surface area contributed by atoms with E-state index in [1.165, 1.54) is 38.5 Å². The maximum atomic E-state index is 12.0. The summed E-state index contributed by atoms with van der Waals surface area (Å²) in [7, 11) is 2.88. The molecule has 1 heterocycles. The van der Waals surface area contributed by atoms with Gasteiger partial charge in [0, 0.05) is 0 Å². The van der Waals surface area contributed by atoms with Gasteiger partial charge in [0.15, 0.2) is 23.0 Å². The normalized spacial score (nSPS) is 12.1. The van der Waals surface area contributed by atoms with E-state index < -0.39 is 9.85 Å². The molecule has 0 aromatic heterocycles. The minimum absolute atomic E-state index is 0.0580. The van der Waals surface area contributed by atoms with Crippen LogP contribution in [0.1, 0.15) is 0 Å². The highest BCUT2D eigenvalue weighted by Gasteiger charge is 2.30. The van der Waals surface area contributed by atoms with Crippen LogP contribution in [0.4, 0.5) is 11.4 Å². The summed E-state index contributed by atoms with van der Waals surface area (Å²) in [5, 5.41) is 24.4. The Labute approximate surface area is 163 Å². The fourth-order valence-corrected chi connectivity index (χ4v) is 3.35. The molecule has 29 heavy (non-hydrogen) atoms. The summed E-state index contributed by atoms with van der Waals surface area (Å²) in [6.45, 7) is -0.0766. The van der Waals surface area contributed by atoms with Gasteiger partial charge < -0.3 is 18.9 Å². The van der Waals surface area contributed by atoms with E-state index in [1.54, 1.807) is 12.1 Å². The Morgan fingerprint density at radius 1 is 0.862 bits per heavy atom. The molecule has 0 atom stereocenters. The van der Waals surface area contributed by atoms with Crippen LogP contribution in [0, 0.1) is 20.2 Å². The topological polar surface area (TPSA) is 123 Å². The van der Waals surface area contributed by atoms with Gasteiger partial charge in [0.05, 0.1) is 46.6 Å². The summed E-state index contributed by atoms with van der Waals surface area (Å²) < 4.78 is 21.0. The number of nitrogens with zero attached hydrogens (tertiary/aromatic N) is 2. The van der Waals surface area contributed by atoms with Crippen molar-refractivity contribution in [2.75, 3.05) is 21.0 Å². The van der Waals surface area contributed by atoms with E-state index in [2.05, 4.69) is 0 Å². The Hall–Kier alpha value is -4.08. The van der Waals surface area contributed by atoms with E-state index in [0.717, 1.165) is 0 Å². The van der Waals surface area contributed by atoms with Gasteiger partial charge in [0.1, 0.15) is 0 Å². The van der Waals surface area contributed by atoms with Crippen molar-refractivity contribution in [2.24, 2.45) is 0 Å². The van der Waals surface area contributed by atoms with Crippen LogP contribution in [0.5, 0.6) is 23.0 Å². The Bertz CT molecular complexity index is 1170. The molecule has 0 radical (unpaired) electrons. The third-order valence-electron chi connectivity index (χ3n) is 4.66. The van der Waals surface area contributed by atoms with Crippen LogP contribution >= 0.6 is 0 Å². The second kappa shape index (κ2) is 6.82. The van der Waals surface area contributed by atoms with Gasteiger partial charge in [-0.1, -0.05) is 6.07 Å². The van der Waals surface area contributed by atoms with Gasteiger partial charge >= 0.3 is 0 Å². The predicted molar refractivity (Wildman–Crippen MR) is 102 cm³/mol. The zero-order chi connectivity index (χ0) is 20.7. The molecule has 0 aliphatic carbocycles. The molecule has 0 fully saturated rings. The highest BCUT2D eigenvalue weighted by molar-refractivity contribution is 6.01. The molecule has 1 aliphatic heterocycles. The van der Waals surface area contributed by atoms with Crippen molar-refractivity contribution in [1.29, 1.82) is 0 Å². The van der Waals surface area contributed by atoms with Gasteiger partial charge in [-0.25, -0.2) is 0 Å². The molecule has 0 N–H and O–H groups in total. The molecule has 0 unspecified atom stereocenters. The molecule has 3 aromatic rings. The summed E-state index contributed by atoms with van der Waals surface area (Å²) in [6.07, 6.45) is 0. The molecule has 10 nitrogen and oxygen atoms in total. The number of rotatable bonds is 5. The van der Waals surface area contributed by atoms with Crippen molar-refractivity contribution in [2.45, 2.75) is 0 Å². The largest absolute Gasteiger partial charge is 0.493 e. The second-order valence-corrected chi connectivity index (χ2v) is 6.13. The molecule has 10 heteroatoms. The van der Waals surface area contributed by atoms with Crippen LogP contribution in [0.25, 0.3) is 21.9 Å². The van der Waals surface area contributed by atoms with E-state index >= 15 is 0 Å². The molecule has 4 rings (SSSR count). The van der Waals surface area contributed by atoms with Crippen LogP contribution in [0.15, 0.2) is 36.4 Å². The molecule has 0 saturated heterocycles. The first kappa shape index (κ1) is 18.3. The van der Waals surface area contributed by atoms with Crippen LogP contribution in [-0.4, -0.2) is 30.9 Å². The Kier molecular flexibility index (Phi) is 4.30. The first-order chi connectivity index (χ1) is 13.9. The number of benzene rings is 3. The van der Waals surface area contributed by atoms with Crippen LogP contribution in [-0.2, 0) is 0 Å². The van der Waals surface area contributed by atoms with Gasteiger partial charge in [-0.3, -0.25) is 20.2 Å². The maximum absolute atomic E-state index is 12.0. The predicted octanol–water partition coefficient (Wildman–Crippen LogP) is 4.07. The highest BCUT2D eigenvalue weighted by atomic mass is 16.7. The Balaban J connectivity index is 2.06. The van der Waals surface area contributed by atoms with Crippen molar-refractivity contribution < 1.29 is 28.8 Å². The lowest BCUT2D eigenvalue weighted by atomic mass is 9.96. The number of nitro groups is 2. The van der Waals surface area contributed by atoms with Gasteiger partial charge in [-0.2, -0.15) is 0 Å². The zero-order valence-electron chi connectivity index (χ0n) is 15.3. The summed E-state index contributed by atoms with van der Waals surface area (Å²) in [6, 6.07) is 8.79. The average molecular weight is 398 g/mol. The molecular formula is C19H14N2O8. The maximum Gasteiger partial charge on any atom is 0.285 e. The molecular weight excluding hydrogens is 384 g/mol. The number of fused-ring (bicyclic) bond motifs is 2. The van der Waals surface area contributed by atoms with E-state index in [1.807, 2.05) is 0 Å². The van der Waals surface area contributed by atoms with Crippen LogP contribution in [0.3, 0.4) is 0 Å². The molecule has 0 spiro atoms. The summed E-state index contributed by atoms with van der Waals surface area (Å²) in [4.78, 5) is 22.4. The average Bonchev–Trinajstić information content (AvgIpc) is 3.18. The lowest BCUT2D eigenvalue weighted by molar-refractivity contribution is -0.385. The summed E-state index contributed by atoms with van der Waals surface area (Å²) >= 11 is 0. The third kappa shape index (κ3) is 2.90. The number of hydrogen-bond acceptors (Lipinski definition) is 8. The Morgan fingerprint density at radius 2 is 1.52 bits per heavy atom. The first-order valence-electron chi connectivity index (χ1n) is 8.36. The zero-order valence-corrected chi connectivity index (χ0v) is 15.3. The van der Waals surface area contributed by atoms with E-state index in [0.29, 0.717) is 16.9 Å². The molecule has 148 valence electrons. The number of hydrogen-bond donors (Lipinski definition) is 0. The Morgan fingerprint density at radius 3 is 2.14 bits per heavy atom. The van der Waals surface area contributed by atoms with Crippen molar-refractivity contribution in [3.63, 3.8) is 0 Å². The van der Waals surface area contributed by atoms with E-state index in [-0.39, 0.29) is 46.2 Å². The van der Waals surface area contributed by atoms with Gasteiger partial charge in [-0.05, 0) is 29.7 Å². The number of nitro benzene ring substituents is 2. The lowest BCUT2D eigenvalue weighted by Crippen LogP contribution is -1.98. The van der Waals surface area contributed by atoms with E-state index in [9.17, 15) is 20.2 Å².